The van der Waals surface area contributed by atoms with Crippen molar-refractivity contribution in [1.82, 2.24) is 19.7 Å². The molecule has 10 nitrogen and oxygen atoms in total. The zero-order chi connectivity index (χ0) is 22.9. The molecule has 0 bridgehead atoms. The van der Waals surface area contributed by atoms with Crippen molar-refractivity contribution in [1.29, 1.82) is 0 Å². The van der Waals surface area contributed by atoms with Gasteiger partial charge in [0, 0.05) is 24.0 Å². The van der Waals surface area contributed by atoms with Gasteiger partial charge in [0.1, 0.15) is 11.6 Å². The third-order valence-corrected chi connectivity index (χ3v) is 5.67. The number of fused-ring (bicyclic) bond motifs is 2. The molecule has 1 amide bonds. The number of nitrogens with two attached hydrogens (primary N) is 1. The van der Waals surface area contributed by atoms with E-state index in [1.54, 1.807) is 41.2 Å². The Labute approximate surface area is 189 Å². The van der Waals surface area contributed by atoms with Gasteiger partial charge in [-0.3, -0.25) is 4.79 Å². The Hall–Kier alpha value is -3.96. The average molecular weight is 443 g/mol. The van der Waals surface area contributed by atoms with E-state index in [0.29, 0.717) is 40.2 Å². The lowest BCUT2D eigenvalue weighted by molar-refractivity contribution is 0.100. The highest BCUT2D eigenvalue weighted by Crippen LogP contribution is 2.29. The number of nitrogens with one attached hydrogen (secondary N) is 2. The number of benzene rings is 2. The van der Waals surface area contributed by atoms with Crippen molar-refractivity contribution in [3.8, 4) is 5.95 Å². The number of hydrogen-bond acceptors (Lipinski definition) is 8. The summed E-state index contributed by atoms with van der Waals surface area (Å²) >= 11 is 0. The van der Waals surface area contributed by atoms with E-state index in [4.69, 9.17) is 10.7 Å². The van der Waals surface area contributed by atoms with E-state index >= 15 is 0 Å². The first-order valence-corrected chi connectivity index (χ1v) is 10.6. The molecule has 2 aromatic carbocycles. The van der Waals surface area contributed by atoms with Crippen molar-refractivity contribution in [2.75, 3.05) is 17.2 Å². The van der Waals surface area contributed by atoms with Crippen LogP contribution in [0.15, 0.2) is 48.7 Å². The molecule has 0 saturated heterocycles. The van der Waals surface area contributed by atoms with Gasteiger partial charge in [-0.15, -0.1) is 0 Å². The molecule has 1 aliphatic rings. The molecule has 3 heterocycles. The summed E-state index contributed by atoms with van der Waals surface area (Å²) in [6, 6.07) is 12.3. The number of carbonyl (C=O) groups excluding carboxylic acids is 1. The number of aromatic nitrogens is 4. The molecule has 0 spiro atoms. The number of hydrogen-bond donors (Lipinski definition) is 5. The highest BCUT2D eigenvalue weighted by Gasteiger charge is 2.20. The zero-order valence-corrected chi connectivity index (χ0v) is 17.7. The van der Waals surface area contributed by atoms with Crippen molar-refractivity contribution in [2.24, 2.45) is 5.73 Å². The van der Waals surface area contributed by atoms with Gasteiger partial charge in [0.2, 0.25) is 5.91 Å². The second-order valence-electron chi connectivity index (χ2n) is 7.86. The van der Waals surface area contributed by atoms with Crippen molar-refractivity contribution in [3.05, 3.63) is 65.4 Å². The van der Waals surface area contributed by atoms with E-state index in [0.717, 1.165) is 36.3 Å². The second kappa shape index (κ2) is 8.53. The van der Waals surface area contributed by atoms with Crippen LogP contribution in [0.1, 0.15) is 27.9 Å². The molecule has 166 valence electrons. The number of anilines is 2. The minimum Gasteiger partial charge on any atom is -0.423 e. The maximum Gasteiger partial charge on any atom is 0.488 e. The van der Waals surface area contributed by atoms with Crippen LogP contribution < -0.4 is 21.8 Å². The smallest absolute Gasteiger partial charge is 0.423 e. The first kappa shape index (κ1) is 20.9. The quantitative estimate of drug-likeness (QED) is 0.271. The molecule has 33 heavy (non-hydrogen) atoms. The van der Waals surface area contributed by atoms with Gasteiger partial charge in [-0.25, -0.2) is 0 Å². The average Bonchev–Trinajstić information content (AvgIpc) is 3.26. The highest BCUT2D eigenvalue weighted by atomic mass is 16.4. The van der Waals surface area contributed by atoms with Crippen LogP contribution in [-0.2, 0) is 13.0 Å². The summed E-state index contributed by atoms with van der Waals surface area (Å²) in [5, 5.41) is 30.6. The monoisotopic (exact) mass is 443 g/mol. The molecular weight excluding hydrogens is 421 g/mol. The molecule has 5 rings (SSSR count). The van der Waals surface area contributed by atoms with Crippen molar-refractivity contribution in [3.63, 3.8) is 0 Å². The molecule has 0 fully saturated rings. The predicted molar refractivity (Wildman–Crippen MR) is 126 cm³/mol. The van der Waals surface area contributed by atoms with E-state index < -0.39 is 13.0 Å². The minimum absolute atomic E-state index is 0.363. The lowest BCUT2D eigenvalue weighted by Crippen LogP contribution is -2.30. The van der Waals surface area contributed by atoms with E-state index in [-0.39, 0.29) is 0 Å². The Morgan fingerprint density at radius 2 is 2.06 bits per heavy atom. The van der Waals surface area contributed by atoms with Gasteiger partial charge in [0.05, 0.1) is 17.3 Å². The number of primary amides is 1. The fourth-order valence-corrected chi connectivity index (χ4v) is 4.04. The molecule has 11 heteroatoms. The fraction of sp³-hybridized carbons (Fsp3) is 0.182. The SMILES string of the molecule is NC(=O)c1cccc2c1cnn2-c1nc2c(c(NCc3cccc(B(O)O)c3)n1)CCCN2. The third kappa shape index (κ3) is 3.99. The van der Waals surface area contributed by atoms with Crippen molar-refractivity contribution in [2.45, 2.75) is 19.4 Å². The Bertz CT molecular complexity index is 1360. The van der Waals surface area contributed by atoms with Crippen LogP contribution in [0.25, 0.3) is 16.9 Å². The first-order valence-electron chi connectivity index (χ1n) is 10.6. The van der Waals surface area contributed by atoms with E-state index in [9.17, 15) is 14.8 Å². The van der Waals surface area contributed by atoms with Gasteiger partial charge >= 0.3 is 7.12 Å². The zero-order valence-electron chi connectivity index (χ0n) is 17.7. The summed E-state index contributed by atoms with van der Waals surface area (Å²) in [6.45, 7) is 1.25. The molecule has 0 aliphatic carbocycles. The topological polar surface area (TPSA) is 151 Å². The van der Waals surface area contributed by atoms with Crippen LogP contribution in [-0.4, -0.2) is 49.4 Å². The normalized spacial score (nSPS) is 12.8. The predicted octanol–water partition coefficient (Wildman–Crippen LogP) is 0.564. The molecule has 0 radical (unpaired) electrons. The van der Waals surface area contributed by atoms with Gasteiger partial charge in [0.15, 0.2) is 0 Å². The standard InChI is InChI=1S/C22H22BN7O3/c24-19(31)15-6-2-8-18-17(15)12-27-30(18)22-28-20-16(7-3-9-25-20)21(29-22)26-11-13-4-1-5-14(10-13)23(32)33/h1-2,4-6,8,10,12,32-33H,3,7,9,11H2,(H2,24,31)(H2,25,26,28,29). The van der Waals surface area contributed by atoms with Gasteiger partial charge in [-0.1, -0.05) is 30.3 Å². The van der Waals surface area contributed by atoms with Crippen LogP contribution in [0.4, 0.5) is 11.6 Å². The molecular formula is C22H22BN7O3. The maximum atomic E-state index is 11.8. The first-order chi connectivity index (χ1) is 16.0. The van der Waals surface area contributed by atoms with E-state index in [2.05, 4.69) is 20.7 Å². The molecule has 1 aliphatic heterocycles. The minimum atomic E-state index is -1.52. The summed E-state index contributed by atoms with van der Waals surface area (Å²) in [7, 11) is -1.52. The van der Waals surface area contributed by atoms with Gasteiger partial charge < -0.3 is 26.4 Å². The summed E-state index contributed by atoms with van der Waals surface area (Å²) < 4.78 is 1.59. The lowest BCUT2D eigenvalue weighted by atomic mass is 9.79. The number of carbonyl (C=O) groups is 1. The maximum absolute atomic E-state index is 11.8. The molecule has 2 aromatic heterocycles. The van der Waals surface area contributed by atoms with E-state index in [1.807, 2.05) is 12.1 Å². The Balaban J connectivity index is 1.54. The Kier molecular flexibility index (Phi) is 5.41. The number of rotatable bonds is 6. The third-order valence-electron chi connectivity index (χ3n) is 5.67. The van der Waals surface area contributed by atoms with Crippen LogP contribution in [0, 0.1) is 0 Å². The van der Waals surface area contributed by atoms with Crippen LogP contribution in [0.3, 0.4) is 0 Å². The fourth-order valence-electron chi connectivity index (χ4n) is 4.04. The summed E-state index contributed by atoms with van der Waals surface area (Å²) in [4.78, 5) is 21.2. The van der Waals surface area contributed by atoms with Gasteiger partial charge in [-0.2, -0.15) is 19.7 Å². The Morgan fingerprint density at radius 3 is 2.88 bits per heavy atom. The van der Waals surface area contributed by atoms with Crippen LogP contribution >= 0.6 is 0 Å². The molecule has 4 aromatic rings. The number of amides is 1. The molecule has 0 atom stereocenters. The second-order valence-corrected chi connectivity index (χ2v) is 7.86. The van der Waals surface area contributed by atoms with Crippen molar-refractivity contribution < 1.29 is 14.8 Å². The van der Waals surface area contributed by atoms with Gasteiger partial charge in [-0.05, 0) is 36.0 Å². The van der Waals surface area contributed by atoms with Gasteiger partial charge in [0.25, 0.3) is 5.95 Å². The summed E-state index contributed by atoms with van der Waals surface area (Å²) in [5.74, 6) is 1.25. The lowest BCUT2D eigenvalue weighted by Gasteiger charge is -2.21. The van der Waals surface area contributed by atoms with E-state index in [1.165, 1.54) is 0 Å². The molecule has 6 N–H and O–H groups in total. The van der Waals surface area contributed by atoms with Crippen LogP contribution in [0.2, 0.25) is 0 Å². The summed E-state index contributed by atoms with van der Waals surface area (Å²) in [5.41, 5.74) is 8.87. The Morgan fingerprint density at radius 1 is 1.21 bits per heavy atom. The molecule has 0 unspecified atom stereocenters. The van der Waals surface area contributed by atoms with Crippen molar-refractivity contribution >= 4 is 41.0 Å². The highest BCUT2D eigenvalue weighted by molar-refractivity contribution is 6.58. The summed E-state index contributed by atoms with van der Waals surface area (Å²) in [6.07, 6.45) is 3.37. The number of nitrogens with zero attached hydrogens (tertiary/aromatic N) is 4. The van der Waals surface area contributed by atoms with Crippen LogP contribution in [0.5, 0.6) is 0 Å². The largest absolute Gasteiger partial charge is 0.488 e. The molecule has 0 saturated carbocycles.